The van der Waals surface area contributed by atoms with Gasteiger partial charge in [0.15, 0.2) is 0 Å². The van der Waals surface area contributed by atoms with Gasteiger partial charge >= 0.3 is 0 Å². The Morgan fingerprint density at radius 2 is 2.05 bits per heavy atom. The summed E-state index contributed by atoms with van der Waals surface area (Å²) < 4.78 is 0. The van der Waals surface area contributed by atoms with E-state index >= 15 is 0 Å². The maximum atomic E-state index is 11.4. The van der Waals surface area contributed by atoms with Crippen molar-refractivity contribution < 1.29 is 9.72 Å². The van der Waals surface area contributed by atoms with Gasteiger partial charge in [0.1, 0.15) is 5.69 Å². The first-order valence-corrected chi connectivity index (χ1v) is 6.09. The van der Waals surface area contributed by atoms with Crippen molar-refractivity contribution in [2.45, 2.75) is 12.8 Å². The third kappa shape index (κ3) is 5.35. The lowest BCUT2D eigenvalue weighted by molar-refractivity contribution is -0.384. The standard InChI is InChI=1S/C12H18N4O3/c13-7-3-8-15-12(17)6-9-14-10-4-1-2-5-11(10)16(18)19/h1-2,4-5,14H,3,6-9,13H2,(H,15,17). The van der Waals surface area contributed by atoms with Gasteiger partial charge in [-0.1, -0.05) is 12.1 Å². The van der Waals surface area contributed by atoms with E-state index in [0.29, 0.717) is 25.3 Å². The summed E-state index contributed by atoms with van der Waals surface area (Å²) in [7, 11) is 0. The van der Waals surface area contributed by atoms with Gasteiger partial charge < -0.3 is 16.4 Å². The van der Waals surface area contributed by atoms with Gasteiger partial charge in [-0.25, -0.2) is 0 Å². The molecule has 0 bridgehead atoms. The van der Waals surface area contributed by atoms with Crippen LogP contribution >= 0.6 is 0 Å². The van der Waals surface area contributed by atoms with Crippen molar-refractivity contribution in [1.29, 1.82) is 0 Å². The highest BCUT2D eigenvalue weighted by Crippen LogP contribution is 2.22. The Morgan fingerprint density at radius 3 is 2.74 bits per heavy atom. The number of rotatable bonds is 8. The molecule has 0 aliphatic heterocycles. The fraction of sp³-hybridized carbons (Fsp3) is 0.417. The highest BCUT2D eigenvalue weighted by molar-refractivity contribution is 5.76. The van der Waals surface area contributed by atoms with Gasteiger partial charge in [0, 0.05) is 25.6 Å². The number of nitrogens with zero attached hydrogens (tertiary/aromatic N) is 1. The highest BCUT2D eigenvalue weighted by atomic mass is 16.6. The number of carbonyl (C=O) groups excluding carboxylic acids is 1. The minimum absolute atomic E-state index is 0.00559. The van der Waals surface area contributed by atoms with E-state index in [-0.39, 0.29) is 18.0 Å². The molecule has 0 atom stereocenters. The molecule has 0 unspecified atom stereocenters. The summed E-state index contributed by atoms with van der Waals surface area (Å²) in [6.45, 7) is 1.44. The average Bonchev–Trinajstić information content (AvgIpc) is 2.39. The molecule has 7 nitrogen and oxygen atoms in total. The van der Waals surface area contributed by atoms with Gasteiger partial charge in [0.25, 0.3) is 5.69 Å². The van der Waals surface area contributed by atoms with Crippen LogP contribution < -0.4 is 16.4 Å². The molecule has 1 aromatic carbocycles. The molecule has 1 rings (SSSR count). The molecule has 0 spiro atoms. The van der Waals surface area contributed by atoms with E-state index in [1.807, 2.05) is 0 Å². The van der Waals surface area contributed by atoms with Crippen LogP contribution in [-0.2, 0) is 4.79 Å². The number of carbonyl (C=O) groups is 1. The number of anilines is 1. The molecule has 104 valence electrons. The highest BCUT2D eigenvalue weighted by Gasteiger charge is 2.11. The molecular weight excluding hydrogens is 248 g/mol. The Labute approximate surface area is 111 Å². The topological polar surface area (TPSA) is 110 Å². The van der Waals surface area contributed by atoms with Crippen molar-refractivity contribution in [1.82, 2.24) is 5.32 Å². The number of para-hydroxylation sites is 2. The average molecular weight is 266 g/mol. The second-order valence-corrected chi connectivity index (χ2v) is 3.94. The fourth-order valence-electron chi connectivity index (χ4n) is 1.51. The van der Waals surface area contributed by atoms with Gasteiger partial charge in [-0.2, -0.15) is 0 Å². The van der Waals surface area contributed by atoms with E-state index in [1.54, 1.807) is 18.2 Å². The van der Waals surface area contributed by atoms with Crippen molar-refractivity contribution in [3.8, 4) is 0 Å². The molecule has 0 aromatic heterocycles. The number of nitro groups is 1. The van der Waals surface area contributed by atoms with Crippen molar-refractivity contribution >= 4 is 17.3 Å². The molecule has 0 aliphatic carbocycles. The van der Waals surface area contributed by atoms with Gasteiger partial charge in [-0.3, -0.25) is 14.9 Å². The number of amides is 1. The fourth-order valence-corrected chi connectivity index (χ4v) is 1.51. The van der Waals surface area contributed by atoms with E-state index in [2.05, 4.69) is 10.6 Å². The number of nitro benzene ring substituents is 1. The summed E-state index contributed by atoms with van der Waals surface area (Å²) in [5.41, 5.74) is 5.73. The zero-order valence-electron chi connectivity index (χ0n) is 10.6. The van der Waals surface area contributed by atoms with Crippen molar-refractivity contribution in [3.05, 3.63) is 34.4 Å². The minimum Gasteiger partial charge on any atom is -0.379 e. The summed E-state index contributed by atoms with van der Waals surface area (Å²) in [6.07, 6.45) is 1.000. The van der Waals surface area contributed by atoms with Crippen molar-refractivity contribution in [3.63, 3.8) is 0 Å². The zero-order chi connectivity index (χ0) is 14.1. The third-order valence-electron chi connectivity index (χ3n) is 2.47. The zero-order valence-corrected chi connectivity index (χ0v) is 10.6. The lowest BCUT2D eigenvalue weighted by atomic mass is 10.2. The van der Waals surface area contributed by atoms with Crippen LogP contribution in [0.25, 0.3) is 0 Å². The SMILES string of the molecule is NCCCNC(=O)CCNc1ccccc1[N+](=O)[O-]. The molecule has 0 saturated heterocycles. The molecule has 0 aliphatic rings. The van der Waals surface area contributed by atoms with Gasteiger partial charge in [-0.05, 0) is 19.0 Å². The second-order valence-electron chi connectivity index (χ2n) is 3.94. The Kier molecular flexibility index (Phi) is 6.31. The largest absolute Gasteiger partial charge is 0.379 e. The van der Waals surface area contributed by atoms with Crippen molar-refractivity contribution in [2.75, 3.05) is 25.0 Å². The maximum absolute atomic E-state index is 11.4. The predicted molar refractivity (Wildman–Crippen MR) is 72.9 cm³/mol. The van der Waals surface area contributed by atoms with Crippen LogP contribution in [0.4, 0.5) is 11.4 Å². The Bertz CT molecular complexity index is 437. The van der Waals surface area contributed by atoms with Crippen LogP contribution in [0.5, 0.6) is 0 Å². The number of hydrogen-bond acceptors (Lipinski definition) is 5. The molecule has 0 radical (unpaired) electrons. The molecule has 7 heteroatoms. The Hall–Kier alpha value is -2.15. The molecule has 19 heavy (non-hydrogen) atoms. The first kappa shape index (κ1) is 14.9. The molecule has 1 aromatic rings. The predicted octanol–water partition coefficient (Wildman–Crippen LogP) is 0.862. The number of nitrogens with one attached hydrogen (secondary N) is 2. The molecule has 0 saturated carbocycles. The smallest absolute Gasteiger partial charge is 0.292 e. The molecule has 1 amide bonds. The lowest BCUT2D eigenvalue weighted by Gasteiger charge is -2.07. The van der Waals surface area contributed by atoms with Crippen LogP contribution in [-0.4, -0.2) is 30.5 Å². The first-order valence-electron chi connectivity index (χ1n) is 6.09. The quantitative estimate of drug-likeness (QED) is 0.367. The van der Waals surface area contributed by atoms with E-state index in [1.165, 1.54) is 6.07 Å². The van der Waals surface area contributed by atoms with E-state index in [4.69, 9.17) is 5.73 Å². The molecular formula is C12H18N4O3. The first-order chi connectivity index (χ1) is 9.15. The molecule has 0 fully saturated rings. The molecule has 0 heterocycles. The Morgan fingerprint density at radius 1 is 1.32 bits per heavy atom. The summed E-state index contributed by atoms with van der Waals surface area (Å²) in [5, 5.41) is 16.4. The van der Waals surface area contributed by atoms with Crippen molar-refractivity contribution in [2.24, 2.45) is 5.73 Å². The third-order valence-corrected chi connectivity index (χ3v) is 2.47. The minimum atomic E-state index is -0.455. The second kappa shape index (κ2) is 8.04. The summed E-state index contributed by atoms with van der Waals surface area (Å²) in [4.78, 5) is 21.7. The van der Waals surface area contributed by atoms with Gasteiger partial charge in [0.05, 0.1) is 4.92 Å². The number of nitrogens with two attached hydrogens (primary N) is 1. The van der Waals surface area contributed by atoms with E-state index in [9.17, 15) is 14.9 Å². The summed E-state index contributed by atoms with van der Waals surface area (Å²) in [5.74, 6) is -0.0977. The van der Waals surface area contributed by atoms with Crippen LogP contribution in [0.2, 0.25) is 0 Å². The van der Waals surface area contributed by atoms with Crippen LogP contribution in [0.15, 0.2) is 24.3 Å². The van der Waals surface area contributed by atoms with Gasteiger partial charge in [-0.15, -0.1) is 0 Å². The normalized spacial score (nSPS) is 9.95. The summed E-state index contributed by atoms with van der Waals surface area (Å²) in [6, 6.07) is 6.34. The van der Waals surface area contributed by atoms with Gasteiger partial charge in [0.2, 0.25) is 5.91 Å². The number of benzene rings is 1. The van der Waals surface area contributed by atoms with E-state index in [0.717, 1.165) is 6.42 Å². The lowest BCUT2D eigenvalue weighted by Crippen LogP contribution is -2.27. The van der Waals surface area contributed by atoms with Crippen LogP contribution in [0.3, 0.4) is 0 Å². The summed E-state index contributed by atoms with van der Waals surface area (Å²) >= 11 is 0. The number of hydrogen-bond donors (Lipinski definition) is 3. The van der Waals surface area contributed by atoms with E-state index < -0.39 is 4.92 Å². The molecule has 4 N–H and O–H groups in total. The maximum Gasteiger partial charge on any atom is 0.292 e. The van der Waals surface area contributed by atoms with Crippen LogP contribution in [0.1, 0.15) is 12.8 Å². The Balaban J connectivity index is 2.37. The monoisotopic (exact) mass is 266 g/mol. The van der Waals surface area contributed by atoms with Crippen LogP contribution in [0, 0.1) is 10.1 Å².